The van der Waals surface area contributed by atoms with Gasteiger partial charge in [0.15, 0.2) is 5.78 Å². The standard InChI is InChI=1S/C29H25Cl2N3O3/c1-17-24(29(36)33-20-6-4-3-5-7-20)25(18-8-11-21(37-2)12-9-18)26(28-32-14-15-34(17)28)27(35)22-16-19(30)10-13-23(22)31/h3-13,16,25,32H,14-15H2,1-2H3,(H,33,36). The molecule has 2 heterocycles. The van der Waals surface area contributed by atoms with Gasteiger partial charge < -0.3 is 20.3 Å². The van der Waals surface area contributed by atoms with Gasteiger partial charge in [-0.2, -0.15) is 0 Å². The molecule has 3 aromatic carbocycles. The molecule has 8 heteroatoms. The van der Waals surface area contributed by atoms with Crippen LogP contribution in [0.25, 0.3) is 0 Å². The predicted molar refractivity (Wildman–Crippen MR) is 146 cm³/mol. The number of methoxy groups -OCH3 is 1. The number of carbonyl (C=O) groups is 2. The third kappa shape index (κ3) is 4.70. The van der Waals surface area contributed by atoms with Crippen molar-refractivity contribution >= 4 is 40.6 Å². The molecule has 2 aliphatic rings. The summed E-state index contributed by atoms with van der Waals surface area (Å²) in [6.07, 6.45) is 0. The van der Waals surface area contributed by atoms with E-state index in [2.05, 4.69) is 10.6 Å². The fourth-order valence-electron chi connectivity index (χ4n) is 4.90. The maximum Gasteiger partial charge on any atom is 0.254 e. The summed E-state index contributed by atoms with van der Waals surface area (Å²) in [4.78, 5) is 30.1. The average Bonchev–Trinajstić information content (AvgIpc) is 3.40. The molecule has 0 bridgehead atoms. The summed E-state index contributed by atoms with van der Waals surface area (Å²) >= 11 is 12.7. The lowest BCUT2D eigenvalue weighted by Gasteiger charge is -2.36. The third-order valence-corrected chi connectivity index (χ3v) is 7.23. The quantitative estimate of drug-likeness (QED) is 0.379. The number of hydrogen-bond donors (Lipinski definition) is 2. The Hall–Kier alpha value is -3.74. The number of ether oxygens (including phenoxy) is 1. The van der Waals surface area contributed by atoms with Gasteiger partial charge in [-0.1, -0.05) is 53.5 Å². The Balaban J connectivity index is 1.69. The lowest BCUT2D eigenvalue weighted by Crippen LogP contribution is -2.36. The molecule has 0 radical (unpaired) electrons. The highest BCUT2D eigenvalue weighted by atomic mass is 35.5. The average molecular weight is 534 g/mol. The number of anilines is 1. The molecule has 0 spiro atoms. The van der Waals surface area contributed by atoms with Crippen LogP contribution in [0.2, 0.25) is 10.0 Å². The number of allylic oxidation sites excluding steroid dienone is 2. The Morgan fingerprint density at radius 1 is 1.00 bits per heavy atom. The lowest BCUT2D eigenvalue weighted by molar-refractivity contribution is -0.113. The van der Waals surface area contributed by atoms with Crippen molar-refractivity contribution in [3.8, 4) is 5.75 Å². The second-order valence-electron chi connectivity index (χ2n) is 8.82. The van der Waals surface area contributed by atoms with E-state index in [1.807, 2.05) is 66.4 Å². The van der Waals surface area contributed by atoms with Crippen LogP contribution in [0, 0.1) is 0 Å². The second-order valence-corrected chi connectivity index (χ2v) is 9.66. The first-order valence-corrected chi connectivity index (χ1v) is 12.6. The van der Waals surface area contributed by atoms with Crippen molar-refractivity contribution in [2.24, 2.45) is 0 Å². The maximum atomic E-state index is 14.2. The van der Waals surface area contributed by atoms with Crippen molar-refractivity contribution in [1.29, 1.82) is 0 Å². The Morgan fingerprint density at radius 3 is 2.43 bits per heavy atom. The number of nitrogens with zero attached hydrogens (tertiary/aromatic N) is 1. The molecule has 1 fully saturated rings. The minimum absolute atomic E-state index is 0.280. The number of hydrogen-bond acceptors (Lipinski definition) is 5. The Kier molecular flexibility index (Phi) is 6.96. The number of nitrogens with one attached hydrogen (secondary N) is 2. The van der Waals surface area contributed by atoms with Gasteiger partial charge in [-0.25, -0.2) is 0 Å². The molecule has 0 aromatic heterocycles. The summed E-state index contributed by atoms with van der Waals surface area (Å²) in [6, 6.07) is 21.5. The minimum atomic E-state index is -0.658. The number of ketones is 1. The first-order valence-electron chi connectivity index (χ1n) is 11.9. The zero-order valence-corrected chi connectivity index (χ0v) is 21.9. The van der Waals surface area contributed by atoms with Gasteiger partial charge in [-0.15, -0.1) is 0 Å². The molecule has 0 aliphatic carbocycles. The molecule has 6 nitrogen and oxygen atoms in total. The van der Waals surface area contributed by atoms with Gasteiger partial charge in [0.05, 0.1) is 17.7 Å². The smallest absolute Gasteiger partial charge is 0.254 e. The highest BCUT2D eigenvalue weighted by Crippen LogP contribution is 2.45. The van der Waals surface area contributed by atoms with E-state index in [1.54, 1.807) is 25.3 Å². The van der Waals surface area contributed by atoms with E-state index in [0.29, 0.717) is 51.5 Å². The summed E-state index contributed by atoms with van der Waals surface area (Å²) in [5.74, 6) is 0.123. The van der Waals surface area contributed by atoms with Crippen LogP contribution >= 0.6 is 23.2 Å². The van der Waals surface area contributed by atoms with Crippen LogP contribution in [0.5, 0.6) is 5.75 Å². The molecule has 0 saturated carbocycles. The highest BCUT2D eigenvalue weighted by Gasteiger charge is 2.42. The first kappa shape index (κ1) is 24.9. The maximum absolute atomic E-state index is 14.2. The highest BCUT2D eigenvalue weighted by molar-refractivity contribution is 6.37. The van der Waals surface area contributed by atoms with E-state index in [-0.39, 0.29) is 17.3 Å². The number of para-hydroxylation sites is 1. The SMILES string of the molecule is COc1ccc(C2C(C(=O)Nc3ccccc3)=C(C)N3CCNC3=C2C(=O)c2cc(Cl)ccc2Cl)cc1. The van der Waals surface area contributed by atoms with E-state index in [0.717, 1.165) is 11.3 Å². The number of amides is 1. The van der Waals surface area contributed by atoms with Crippen molar-refractivity contribution < 1.29 is 14.3 Å². The molecule has 1 amide bonds. The van der Waals surface area contributed by atoms with Crippen LogP contribution in [0.4, 0.5) is 5.69 Å². The van der Waals surface area contributed by atoms with E-state index in [4.69, 9.17) is 27.9 Å². The van der Waals surface area contributed by atoms with Gasteiger partial charge in [0, 0.05) is 46.6 Å². The van der Waals surface area contributed by atoms with Crippen LogP contribution in [0.1, 0.15) is 28.8 Å². The molecular weight excluding hydrogens is 509 g/mol. The number of rotatable bonds is 6. The van der Waals surface area contributed by atoms with E-state index in [9.17, 15) is 9.59 Å². The molecule has 1 saturated heterocycles. The molecule has 2 aliphatic heterocycles. The van der Waals surface area contributed by atoms with E-state index < -0.39 is 5.92 Å². The number of Topliss-reactive ketones (excluding diaryl/α,β-unsaturated/α-hetero) is 1. The zero-order chi connectivity index (χ0) is 26.1. The monoisotopic (exact) mass is 533 g/mol. The molecule has 37 heavy (non-hydrogen) atoms. The fraction of sp³-hybridized carbons (Fsp3) is 0.172. The first-order chi connectivity index (χ1) is 17.9. The molecule has 1 unspecified atom stereocenters. The van der Waals surface area contributed by atoms with Gasteiger partial charge in [0.1, 0.15) is 11.6 Å². The third-order valence-electron chi connectivity index (χ3n) is 6.67. The largest absolute Gasteiger partial charge is 0.497 e. The summed E-state index contributed by atoms with van der Waals surface area (Å²) in [7, 11) is 1.59. The van der Waals surface area contributed by atoms with Crippen molar-refractivity contribution in [1.82, 2.24) is 10.2 Å². The normalized spacial score (nSPS) is 16.9. The van der Waals surface area contributed by atoms with Crippen LogP contribution in [0.3, 0.4) is 0 Å². The molecule has 1 atom stereocenters. The molecule has 2 N–H and O–H groups in total. The number of fused-ring (bicyclic) bond motifs is 1. The van der Waals surface area contributed by atoms with Gasteiger partial charge in [-0.05, 0) is 55.0 Å². The van der Waals surface area contributed by atoms with Crippen molar-refractivity contribution in [2.75, 3.05) is 25.5 Å². The summed E-state index contributed by atoms with van der Waals surface area (Å²) in [6.45, 7) is 3.17. The van der Waals surface area contributed by atoms with Crippen molar-refractivity contribution in [2.45, 2.75) is 12.8 Å². The van der Waals surface area contributed by atoms with Crippen LogP contribution in [0.15, 0.2) is 95.5 Å². The lowest BCUT2D eigenvalue weighted by atomic mass is 9.77. The molecule has 3 aromatic rings. The van der Waals surface area contributed by atoms with E-state index >= 15 is 0 Å². The molecular formula is C29H25Cl2N3O3. The summed E-state index contributed by atoms with van der Waals surface area (Å²) < 4.78 is 5.35. The van der Waals surface area contributed by atoms with Crippen LogP contribution in [-0.4, -0.2) is 36.8 Å². The van der Waals surface area contributed by atoms with Gasteiger partial charge in [-0.3, -0.25) is 9.59 Å². The number of carbonyl (C=O) groups excluding carboxylic acids is 2. The second kappa shape index (κ2) is 10.3. The van der Waals surface area contributed by atoms with Gasteiger partial charge in [0.25, 0.3) is 5.91 Å². The van der Waals surface area contributed by atoms with Crippen LogP contribution < -0.4 is 15.4 Å². The molecule has 5 rings (SSSR count). The Labute approximate surface area is 225 Å². The number of halogens is 2. The number of benzene rings is 3. The Morgan fingerprint density at radius 2 is 1.73 bits per heavy atom. The van der Waals surface area contributed by atoms with Gasteiger partial charge in [0.2, 0.25) is 0 Å². The van der Waals surface area contributed by atoms with Crippen molar-refractivity contribution in [3.63, 3.8) is 0 Å². The fourth-order valence-corrected chi connectivity index (χ4v) is 5.28. The Bertz CT molecular complexity index is 1430. The summed E-state index contributed by atoms with van der Waals surface area (Å²) in [5.41, 5.74) is 3.44. The summed E-state index contributed by atoms with van der Waals surface area (Å²) in [5, 5.41) is 7.08. The van der Waals surface area contributed by atoms with Crippen LogP contribution in [-0.2, 0) is 4.79 Å². The van der Waals surface area contributed by atoms with E-state index in [1.165, 1.54) is 0 Å². The zero-order valence-electron chi connectivity index (χ0n) is 20.3. The van der Waals surface area contributed by atoms with Crippen molar-refractivity contribution in [3.05, 3.63) is 117 Å². The van der Waals surface area contributed by atoms with Gasteiger partial charge >= 0.3 is 0 Å². The molecule has 188 valence electrons. The topological polar surface area (TPSA) is 70.7 Å². The predicted octanol–water partition coefficient (Wildman–Crippen LogP) is 6.01. The minimum Gasteiger partial charge on any atom is -0.497 e.